The van der Waals surface area contributed by atoms with Crippen LogP contribution in [-0.4, -0.2) is 25.2 Å². The molecule has 0 aliphatic carbocycles. The van der Waals surface area contributed by atoms with Crippen molar-refractivity contribution in [1.82, 2.24) is 0 Å². The van der Waals surface area contributed by atoms with E-state index in [9.17, 15) is 0 Å². The molecule has 1 fully saturated rings. The highest BCUT2D eigenvalue weighted by Crippen LogP contribution is 2.39. The number of rotatable bonds is 3. The third-order valence-electron chi connectivity index (χ3n) is 4.04. The molecule has 4 nitrogen and oxygen atoms in total. The number of oxime groups is 1. The molecule has 0 N–H and O–H groups in total. The largest absolute Gasteiger partial charge is 0.386 e. The van der Waals surface area contributed by atoms with Crippen molar-refractivity contribution < 1.29 is 14.3 Å². The number of hydrogen-bond acceptors (Lipinski definition) is 4. The summed E-state index contributed by atoms with van der Waals surface area (Å²) in [6.07, 6.45) is -0.494. The Morgan fingerprint density at radius 1 is 0.818 bits per heavy atom. The highest BCUT2D eigenvalue weighted by molar-refractivity contribution is 6.03. The lowest BCUT2D eigenvalue weighted by Crippen LogP contribution is -2.31. The van der Waals surface area contributed by atoms with Crippen LogP contribution >= 0.6 is 0 Å². The van der Waals surface area contributed by atoms with Gasteiger partial charge in [-0.2, -0.15) is 0 Å². The Bertz CT molecular complexity index is 651. The van der Waals surface area contributed by atoms with Crippen LogP contribution in [-0.2, 0) is 14.3 Å². The molecule has 2 aliphatic rings. The van der Waals surface area contributed by atoms with Crippen LogP contribution in [0.1, 0.15) is 17.2 Å². The second-order valence-electron chi connectivity index (χ2n) is 5.42. The second-order valence-corrected chi connectivity index (χ2v) is 5.42. The van der Waals surface area contributed by atoms with Gasteiger partial charge in [-0.3, -0.25) is 0 Å². The van der Waals surface area contributed by atoms with Gasteiger partial charge in [0.05, 0.1) is 18.9 Å². The van der Waals surface area contributed by atoms with E-state index in [1.807, 2.05) is 48.5 Å². The van der Waals surface area contributed by atoms with Crippen LogP contribution in [0.5, 0.6) is 0 Å². The van der Waals surface area contributed by atoms with Crippen LogP contribution in [0.3, 0.4) is 0 Å². The SMILES string of the molecule is c1ccc(C2=NOC(c3ccccc3)C2C2OCCO2)cc1. The maximum absolute atomic E-state index is 5.76. The maximum Gasteiger partial charge on any atom is 0.170 e. The molecule has 0 spiro atoms. The monoisotopic (exact) mass is 295 g/mol. The number of nitrogens with zero attached hydrogens (tertiary/aromatic N) is 1. The lowest BCUT2D eigenvalue weighted by molar-refractivity contribution is -0.0963. The van der Waals surface area contributed by atoms with E-state index in [2.05, 4.69) is 17.3 Å². The molecule has 2 aliphatic heterocycles. The Morgan fingerprint density at radius 2 is 1.45 bits per heavy atom. The van der Waals surface area contributed by atoms with Gasteiger partial charge in [-0.1, -0.05) is 65.8 Å². The molecule has 22 heavy (non-hydrogen) atoms. The van der Waals surface area contributed by atoms with Gasteiger partial charge >= 0.3 is 0 Å². The first-order valence-corrected chi connectivity index (χ1v) is 7.51. The van der Waals surface area contributed by atoms with Crippen molar-refractivity contribution in [3.8, 4) is 0 Å². The molecule has 2 heterocycles. The van der Waals surface area contributed by atoms with Gasteiger partial charge in [-0.05, 0) is 11.1 Å². The second kappa shape index (κ2) is 5.91. The van der Waals surface area contributed by atoms with E-state index in [0.29, 0.717) is 13.2 Å². The summed E-state index contributed by atoms with van der Waals surface area (Å²) in [5, 5.41) is 4.35. The van der Waals surface area contributed by atoms with Crippen molar-refractivity contribution in [2.24, 2.45) is 11.1 Å². The Labute approximate surface area is 129 Å². The van der Waals surface area contributed by atoms with E-state index in [1.54, 1.807) is 0 Å². The zero-order valence-electron chi connectivity index (χ0n) is 12.1. The first-order chi connectivity index (χ1) is 10.9. The molecule has 0 aromatic heterocycles. The van der Waals surface area contributed by atoms with Crippen LogP contribution in [0.4, 0.5) is 0 Å². The first kappa shape index (κ1) is 13.5. The van der Waals surface area contributed by atoms with E-state index < -0.39 is 0 Å². The predicted octanol–water partition coefficient (Wildman–Crippen LogP) is 3.15. The van der Waals surface area contributed by atoms with E-state index in [0.717, 1.165) is 16.8 Å². The number of ether oxygens (including phenoxy) is 2. The van der Waals surface area contributed by atoms with Gasteiger partial charge in [0, 0.05) is 0 Å². The summed E-state index contributed by atoms with van der Waals surface area (Å²) in [7, 11) is 0. The predicted molar refractivity (Wildman–Crippen MR) is 82.4 cm³/mol. The van der Waals surface area contributed by atoms with Crippen LogP contribution in [0.25, 0.3) is 0 Å². The fourth-order valence-corrected chi connectivity index (χ4v) is 3.00. The standard InChI is InChI=1S/C18H17NO3/c1-3-7-13(8-4-1)16-15(18-20-11-12-21-18)17(22-19-16)14-9-5-2-6-10-14/h1-10,15,17-18H,11-12H2. The summed E-state index contributed by atoms with van der Waals surface area (Å²) in [5.41, 5.74) is 3.02. The lowest BCUT2D eigenvalue weighted by atomic mass is 9.88. The minimum absolute atomic E-state index is 0.0627. The maximum atomic E-state index is 5.76. The Balaban J connectivity index is 1.70. The van der Waals surface area contributed by atoms with Gasteiger partial charge in [-0.25, -0.2) is 0 Å². The molecule has 112 valence electrons. The average molecular weight is 295 g/mol. The van der Waals surface area contributed by atoms with Gasteiger partial charge in [-0.15, -0.1) is 0 Å². The summed E-state index contributed by atoms with van der Waals surface area (Å²) >= 11 is 0. The highest BCUT2D eigenvalue weighted by Gasteiger charge is 2.44. The topological polar surface area (TPSA) is 40.0 Å². The third kappa shape index (κ3) is 2.40. The molecule has 2 unspecified atom stereocenters. The molecular weight excluding hydrogens is 278 g/mol. The van der Waals surface area contributed by atoms with Crippen molar-refractivity contribution in [2.45, 2.75) is 12.4 Å². The van der Waals surface area contributed by atoms with Crippen LogP contribution in [0.2, 0.25) is 0 Å². The van der Waals surface area contributed by atoms with Crippen LogP contribution in [0, 0.1) is 5.92 Å². The third-order valence-corrected chi connectivity index (χ3v) is 4.04. The molecule has 2 atom stereocenters. The number of benzene rings is 2. The molecule has 4 heteroatoms. The summed E-state index contributed by atoms with van der Waals surface area (Å²) < 4.78 is 11.5. The molecule has 0 radical (unpaired) electrons. The van der Waals surface area contributed by atoms with E-state index in [1.165, 1.54) is 0 Å². The molecule has 0 saturated carbocycles. The Kier molecular flexibility index (Phi) is 3.62. The fraction of sp³-hybridized carbons (Fsp3) is 0.278. The smallest absolute Gasteiger partial charge is 0.170 e. The van der Waals surface area contributed by atoms with Gasteiger partial charge in [0.25, 0.3) is 0 Å². The number of hydrogen-bond donors (Lipinski definition) is 0. The lowest BCUT2D eigenvalue weighted by Gasteiger charge is -2.23. The normalized spacial score (nSPS) is 25.0. The van der Waals surface area contributed by atoms with Crippen LogP contribution in [0.15, 0.2) is 65.8 Å². The average Bonchev–Trinajstić information content (AvgIpc) is 3.25. The van der Waals surface area contributed by atoms with E-state index >= 15 is 0 Å². The fourth-order valence-electron chi connectivity index (χ4n) is 3.00. The van der Waals surface area contributed by atoms with E-state index in [4.69, 9.17) is 14.3 Å². The van der Waals surface area contributed by atoms with Gasteiger partial charge < -0.3 is 14.3 Å². The zero-order valence-corrected chi connectivity index (χ0v) is 12.1. The minimum Gasteiger partial charge on any atom is -0.386 e. The highest BCUT2D eigenvalue weighted by atomic mass is 16.7. The van der Waals surface area contributed by atoms with E-state index in [-0.39, 0.29) is 18.3 Å². The summed E-state index contributed by atoms with van der Waals surface area (Å²) in [6, 6.07) is 20.2. The molecular formula is C18H17NO3. The van der Waals surface area contributed by atoms with Crippen molar-refractivity contribution in [1.29, 1.82) is 0 Å². The molecule has 2 aromatic carbocycles. The van der Waals surface area contributed by atoms with Crippen molar-refractivity contribution >= 4 is 5.71 Å². The summed E-state index contributed by atoms with van der Waals surface area (Å²) in [5.74, 6) is -0.0627. The Morgan fingerprint density at radius 3 is 2.14 bits per heavy atom. The molecule has 4 rings (SSSR count). The molecule has 1 saturated heterocycles. The minimum atomic E-state index is -0.313. The quantitative estimate of drug-likeness (QED) is 0.873. The molecule has 0 bridgehead atoms. The van der Waals surface area contributed by atoms with Gasteiger partial charge in [0.1, 0.15) is 5.92 Å². The first-order valence-electron chi connectivity index (χ1n) is 7.51. The van der Waals surface area contributed by atoms with Crippen molar-refractivity contribution in [2.75, 3.05) is 13.2 Å². The van der Waals surface area contributed by atoms with Crippen molar-refractivity contribution in [3.05, 3.63) is 71.8 Å². The zero-order chi connectivity index (χ0) is 14.8. The van der Waals surface area contributed by atoms with Crippen molar-refractivity contribution in [3.63, 3.8) is 0 Å². The summed E-state index contributed by atoms with van der Waals surface area (Å²) in [6.45, 7) is 1.23. The molecule has 2 aromatic rings. The molecule has 0 amide bonds. The Hall–Kier alpha value is -2.17. The van der Waals surface area contributed by atoms with Crippen LogP contribution < -0.4 is 0 Å². The van der Waals surface area contributed by atoms with Gasteiger partial charge in [0.15, 0.2) is 12.4 Å². The van der Waals surface area contributed by atoms with Gasteiger partial charge in [0.2, 0.25) is 0 Å². The summed E-state index contributed by atoms with van der Waals surface area (Å²) in [4.78, 5) is 5.76.